The van der Waals surface area contributed by atoms with Crippen molar-refractivity contribution in [1.29, 1.82) is 0 Å². The van der Waals surface area contributed by atoms with Crippen molar-refractivity contribution in [1.82, 2.24) is 5.32 Å². The van der Waals surface area contributed by atoms with Crippen LogP contribution in [0.25, 0.3) is 0 Å². The molecule has 0 aromatic heterocycles. The van der Waals surface area contributed by atoms with Crippen molar-refractivity contribution in [2.45, 2.75) is 25.9 Å². The van der Waals surface area contributed by atoms with Crippen molar-refractivity contribution in [2.75, 3.05) is 6.61 Å². The molecule has 0 spiro atoms. The molecule has 19 heavy (non-hydrogen) atoms. The molecule has 0 bridgehead atoms. The number of nitrogens with one attached hydrogen (secondary N) is 1. The molecule has 7 heteroatoms. The molecule has 104 valence electrons. The van der Waals surface area contributed by atoms with Gasteiger partial charge < -0.3 is 9.84 Å². The molecule has 1 aromatic rings. The normalized spacial score (nSPS) is 12.2. The van der Waals surface area contributed by atoms with Crippen LogP contribution in [0.3, 0.4) is 0 Å². The molecular weight excluding hydrogens is 252 g/mol. The maximum absolute atomic E-state index is 11.0. The molecule has 0 heterocycles. The molecule has 0 saturated carbocycles. The summed E-state index contributed by atoms with van der Waals surface area (Å²) in [6, 6.07) is 4.68. The molecule has 1 aromatic carbocycles. The number of nitro groups is 1. The van der Waals surface area contributed by atoms with Gasteiger partial charge in [0, 0.05) is 18.2 Å². The first-order chi connectivity index (χ1) is 8.90. The highest BCUT2D eigenvalue weighted by atomic mass is 16.6. The first kappa shape index (κ1) is 14.9. The zero-order valence-corrected chi connectivity index (χ0v) is 10.7. The Hall–Kier alpha value is -2.15. The zero-order chi connectivity index (χ0) is 14.4. The summed E-state index contributed by atoms with van der Waals surface area (Å²) in [5, 5.41) is 22.3. The lowest BCUT2D eigenvalue weighted by Crippen LogP contribution is -2.44. The number of carboxylic acids is 1. The second-order valence-corrected chi connectivity index (χ2v) is 4.27. The van der Waals surface area contributed by atoms with Crippen LogP contribution in [0.2, 0.25) is 0 Å². The van der Waals surface area contributed by atoms with Gasteiger partial charge in [0.15, 0.2) is 0 Å². The lowest BCUT2D eigenvalue weighted by atomic mass is 10.2. The Balaban J connectivity index is 2.59. The summed E-state index contributed by atoms with van der Waals surface area (Å²) in [6.07, 6.45) is 0. The SMILES string of the molecule is CC(C)NC(COc1ccc([N+](=O)[O-])cc1)C(=O)O. The molecule has 2 N–H and O–H groups in total. The Bertz CT molecular complexity index is 444. The van der Waals surface area contributed by atoms with Gasteiger partial charge in [-0.3, -0.25) is 20.2 Å². The predicted molar refractivity (Wildman–Crippen MR) is 68.3 cm³/mol. The van der Waals surface area contributed by atoms with E-state index in [-0.39, 0.29) is 18.3 Å². The number of hydrogen-bond donors (Lipinski definition) is 2. The second-order valence-electron chi connectivity index (χ2n) is 4.27. The van der Waals surface area contributed by atoms with Gasteiger partial charge in [-0.25, -0.2) is 0 Å². The highest BCUT2D eigenvalue weighted by Crippen LogP contribution is 2.17. The topological polar surface area (TPSA) is 102 Å². The molecule has 0 fully saturated rings. The summed E-state index contributed by atoms with van der Waals surface area (Å²) in [6.45, 7) is 3.62. The molecule has 1 unspecified atom stereocenters. The molecule has 0 radical (unpaired) electrons. The number of non-ortho nitro benzene ring substituents is 1. The Morgan fingerprint density at radius 3 is 2.42 bits per heavy atom. The minimum atomic E-state index is -1.00. The smallest absolute Gasteiger partial charge is 0.324 e. The highest BCUT2D eigenvalue weighted by Gasteiger charge is 2.18. The Morgan fingerprint density at radius 1 is 1.42 bits per heavy atom. The monoisotopic (exact) mass is 268 g/mol. The maximum Gasteiger partial charge on any atom is 0.324 e. The summed E-state index contributed by atoms with van der Waals surface area (Å²) in [5.74, 6) is -0.613. The number of aliphatic carboxylic acids is 1. The largest absolute Gasteiger partial charge is 0.491 e. The van der Waals surface area contributed by atoms with E-state index in [1.165, 1.54) is 24.3 Å². The number of carbonyl (C=O) groups is 1. The van der Waals surface area contributed by atoms with Crippen LogP contribution in [0.4, 0.5) is 5.69 Å². The van der Waals surface area contributed by atoms with Gasteiger partial charge in [-0.15, -0.1) is 0 Å². The van der Waals surface area contributed by atoms with E-state index < -0.39 is 16.9 Å². The van der Waals surface area contributed by atoms with Crippen LogP contribution in [0.15, 0.2) is 24.3 Å². The van der Waals surface area contributed by atoms with Crippen LogP contribution < -0.4 is 10.1 Å². The van der Waals surface area contributed by atoms with Crippen molar-refractivity contribution < 1.29 is 19.6 Å². The van der Waals surface area contributed by atoms with Crippen LogP contribution in [0.1, 0.15) is 13.8 Å². The van der Waals surface area contributed by atoms with Crippen molar-refractivity contribution in [3.63, 3.8) is 0 Å². The van der Waals surface area contributed by atoms with Gasteiger partial charge in [-0.05, 0) is 12.1 Å². The van der Waals surface area contributed by atoms with Crippen molar-refractivity contribution in [2.24, 2.45) is 0 Å². The average Bonchev–Trinajstić information content (AvgIpc) is 2.34. The van der Waals surface area contributed by atoms with Crippen molar-refractivity contribution in [3.8, 4) is 5.75 Å². The fourth-order valence-corrected chi connectivity index (χ4v) is 1.44. The third-order valence-electron chi connectivity index (χ3n) is 2.30. The number of nitro benzene ring substituents is 1. The van der Waals surface area contributed by atoms with Gasteiger partial charge in [0.25, 0.3) is 5.69 Å². The van der Waals surface area contributed by atoms with Gasteiger partial charge in [-0.2, -0.15) is 0 Å². The van der Waals surface area contributed by atoms with E-state index in [1.807, 2.05) is 13.8 Å². The highest BCUT2D eigenvalue weighted by molar-refractivity contribution is 5.73. The molecular formula is C12H16N2O5. The van der Waals surface area contributed by atoms with E-state index in [0.29, 0.717) is 5.75 Å². The van der Waals surface area contributed by atoms with Crippen LogP contribution >= 0.6 is 0 Å². The molecule has 0 aliphatic carbocycles. The third kappa shape index (κ3) is 4.92. The number of carboxylic acid groups (broad SMARTS) is 1. The summed E-state index contributed by atoms with van der Waals surface area (Å²) >= 11 is 0. The Morgan fingerprint density at radius 2 is 2.00 bits per heavy atom. The quantitative estimate of drug-likeness (QED) is 0.573. The van der Waals surface area contributed by atoms with Crippen LogP contribution in [-0.4, -0.2) is 34.7 Å². The van der Waals surface area contributed by atoms with Crippen molar-refractivity contribution >= 4 is 11.7 Å². The van der Waals surface area contributed by atoms with Crippen LogP contribution in [0.5, 0.6) is 5.75 Å². The molecule has 1 rings (SSSR count). The molecule has 0 aliphatic heterocycles. The molecule has 0 saturated heterocycles. The van der Waals surface area contributed by atoms with Gasteiger partial charge in [-0.1, -0.05) is 13.8 Å². The third-order valence-corrected chi connectivity index (χ3v) is 2.30. The van der Waals surface area contributed by atoms with E-state index in [4.69, 9.17) is 9.84 Å². The first-order valence-corrected chi connectivity index (χ1v) is 5.76. The fourth-order valence-electron chi connectivity index (χ4n) is 1.44. The van der Waals surface area contributed by atoms with Gasteiger partial charge >= 0.3 is 5.97 Å². The number of benzene rings is 1. The molecule has 7 nitrogen and oxygen atoms in total. The summed E-state index contributed by atoms with van der Waals surface area (Å²) < 4.78 is 5.30. The van der Waals surface area contributed by atoms with Gasteiger partial charge in [0.2, 0.25) is 0 Å². The lowest BCUT2D eigenvalue weighted by molar-refractivity contribution is -0.384. The van der Waals surface area contributed by atoms with Crippen LogP contribution in [-0.2, 0) is 4.79 Å². The summed E-state index contributed by atoms with van der Waals surface area (Å²) in [4.78, 5) is 20.9. The minimum Gasteiger partial charge on any atom is -0.491 e. The Labute approximate surface area is 110 Å². The molecule has 0 amide bonds. The van der Waals surface area contributed by atoms with Gasteiger partial charge in [0.1, 0.15) is 18.4 Å². The van der Waals surface area contributed by atoms with Crippen LogP contribution in [0, 0.1) is 10.1 Å². The fraction of sp³-hybridized carbons (Fsp3) is 0.417. The predicted octanol–water partition coefficient (Wildman–Crippen LogP) is 1.42. The maximum atomic E-state index is 11.0. The summed E-state index contributed by atoms with van der Waals surface area (Å²) in [7, 11) is 0. The molecule has 1 atom stereocenters. The average molecular weight is 268 g/mol. The zero-order valence-electron chi connectivity index (χ0n) is 10.7. The standard InChI is InChI=1S/C12H16N2O5/c1-8(2)13-11(12(15)16)7-19-10-5-3-9(4-6-10)14(17)18/h3-6,8,11,13H,7H2,1-2H3,(H,15,16). The van der Waals surface area contributed by atoms with E-state index in [2.05, 4.69) is 5.32 Å². The first-order valence-electron chi connectivity index (χ1n) is 5.76. The Kier molecular flexibility index (Phi) is 5.25. The number of hydrogen-bond acceptors (Lipinski definition) is 5. The summed E-state index contributed by atoms with van der Waals surface area (Å²) in [5.41, 5.74) is -0.0394. The minimum absolute atomic E-state index is 0.0153. The van der Waals surface area contributed by atoms with E-state index in [1.54, 1.807) is 0 Å². The van der Waals surface area contributed by atoms with E-state index in [9.17, 15) is 14.9 Å². The van der Waals surface area contributed by atoms with Gasteiger partial charge in [0.05, 0.1) is 4.92 Å². The number of rotatable bonds is 7. The van der Waals surface area contributed by atoms with E-state index >= 15 is 0 Å². The van der Waals surface area contributed by atoms with Crippen molar-refractivity contribution in [3.05, 3.63) is 34.4 Å². The van der Waals surface area contributed by atoms with E-state index in [0.717, 1.165) is 0 Å². The number of nitrogens with zero attached hydrogens (tertiary/aromatic N) is 1. The molecule has 0 aliphatic rings. The number of ether oxygens (including phenoxy) is 1. The second kappa shape index (κ2) is 6.69. The lowest BCUT2D eigenvalue weighted by Gasteiger charge is -2.17.